The smallest absolute Gasteiger partial charge is 0.325 e. The number of carbonyl (C=O) groups excluding carboxylic acids is 1. The molecule has 0 bridgehead atoms. The first-order valence-corrected chi connectivity index (χ1v) is 9.88. The Morgan fingerprint density at radius 3 is 1.96 bits per heavy atom. The van der Waals surface area contributed by atoms with E-state index < -0.39 is 0 Å². The van der Waals surface area contributed by atoms with Gasteiger partial charge in [0.1, 0.15) is 6.04 Å². The number of carbonyl (C=O) groups is 1. The fraction of sp³-hybridized carbons (Fsp3) is 0.435. The van der Waals surface area contributed by atoms with Crippen molar-refractivity contribution < 1.29 is 9.53 Å². The van der Waals surface area contributed by atoms with Crippen LogP contribution in [0.4, 0.5) is 0 Å². The van der Waals surface area contributed by atoms with Crippen LogP contribution in [0.2, 0.25) is 0 Å². The number of ether oxygens (including phenoxy) is 1. The van der Waals surface area contributed by atoms with E-state index in [1.165, 1.54) is 24.0 Å². The number of likely N-dealkylation sites (N-methyl/N-ethyl adjacent to an activating group) is 1. The van der Waals surface area contributed by atoms with Gasteiger partial charge in [-0.05, 0) is 43.9 Å². The number of rotatable bonds is 10. The minimum atomic E-state index is -0.303. The molecule has 0 amide bonds. The van der Waals surface area contributed by atoms with Crippen molar-refractivity contribution in [1.29, 1.82) is 0 Å². The minimum Gasteiger partial charge on any atom is -0.465 e. The molecule has 1 N–H and O–H groups in total. The lowest BCUT2D eigenvalue weighted by molar-refractivity contribution is -0.151. The van der Waals surface area contributed by atoms with Crippen molar-refractivity contribution in [3.63, 3.8) is 0 Å². The first-order chi connectivity index (χ1) is 13.2. The quantitative estimate of drug-likeness (QED) is 0.652. The molecule has 1 aliphatic carbocycles. The zero-order valence-corrected chi connectivity index (χ0v) is 16.3. The summed E-state index contributed by atoms with van der Waals surface area (Å²) in [6, 6.07) is 20.5. The van der Waals surface area contributed by atoms with E-state index in [0.29, 0.717) is 25.6 Å². The summed E-state index contributed by atoms with van der Waals surface area (Å²) in [5, 5.41) is 3.41. The van der Waals surface area contributed by atoms with E-state index in [9.17, 15) is 4.79 Å². The largest absolute Gasteiger partial charge is 0.465 e. The summed E-state index contributed by atoms with van der Waals surface area (Å²) in [4.78, 5) is 15.3. The molecule has 1 saturated carbocycles. The number of nitrogens with one attached hydrogen (secondary N) is 1. The molecule has 0 radical (unpaired) electrons. The molecule has 0 spiro atoms. The molecular weight excluding hydrogens is 336 g/mol. The Morgan fingerprint density at radius 2 is 1.56 bits per heavy atom. The number of hydrogen-bond donors (Lipinski definition) is 1. The Balaban J connectivity index is 1.91. The fourth-order valence-corrected chi connectivity index (χ4v) is 3.75. The summed E-state index contributed by atoms with van der Waals surface area (Å²) in [5.41, 5.74) is 2.40. The molecular formula is C23H30N2O2. The Bertz CT molecular complexity index is 659. The van der Waals surface area contributed by atoms with Gasteiger partial charge in [-0.2, -0.15) is 0 Å². The SMILES string of the molecule is CCOC(=O)[C@H]([C@H](NC)C1CC1)N(Cc1ccccc1)Cc1ccccc1. The van der Waals surface area contributed by atoms with Crippen LogP contribution in [-0.2, 0) is 22.6 Å². The van der Waals surface area contributed by atoms with E-state index in [0.717, 1.165) is 0 Å². The van der Waals surface area contributed by atoms with Crippen LogP contribution in [0.15, 0.2) is 60.7 Å². The lowest BCUT2D eigenvalue weighted by Crippen LogP contribution is -2.54. The maximum Gasteiger partial charge on any atom is 0.325 e. The van der Waals surface area contributed by atoms with Crippen molar-refractivity contribution in [1.82, 2.24) is 10.2 Å². The monoisotopic (exact) mass is 366 g/mol. The number of esters is 1. The number of nitrogens with zero attached hydrogens (tertiary/aromatic N) is 1. The predicted octanol–water partition coefficient (Wildman–Crippen LogP) is 3.62. The van der Waals surface area contributed by atoms with Gasteiger partial charge in [0.05, 0.1) is 6.61 Å². The van der Waals surface area contributed by atoms with Gasteiger partial charge in [0.2, 0.25) is 0 Å². The van der Waals surface area contributed by atoms with Crippen LogP contribution in [0, 0.1) is 5.92 Å². The molecule has 2 atom stereocenters. The molecule has 2 aromatic rings. The van der Waals surface area contributed by atoms with Crippen molar-refractivity contribution >= 4 is 5.97 Å². The Kier molecular flexibility index (Phi) is 7.02. The van der Waals surface area contributed by atoms with Crippen LogP contribution >= 0.6 is 0 Å². The molecule has 3 rings (SSSR count). The van der Waals surface area contributed by atoms with E-state index in [2.05, 4.69) is 34.5 Å². The van der Waals surface area contributed by atoms with Crippen LogP contribution in [0.5, 0.6) is 0 Å². The molecule has 144 valence electrons. The van der Waals surface area contributed by atoms with E-state index >= 15 is 0 Å². The van der Waals surface area contributed by atoms with Crippen LogP contribution in [0.3, 0.4) is 0 Å². The molecule has 1 aliphatic rings. The summed E-state index contributed by atoms with van der Waals surface area (Å²) < 4.78 is 5.50. The molecule has 0 aromatic heterocycles. The molecule has 0 unspecified atom stereocenters. The lowest BCUT2D eigenvalue weighted by atomic mass is 9.99. The summed E-state index contributed by atoms with van der Waals surface area (Å²) in [5.74, 6) is 0.411. The van der Waals surface area contributed by atoms with Crippen molar-refractivity contribution in [3.8, 4) is 0 Å². The van der Waals surface area contributed by atoms with Gasteiger partial charge < -0.3 is 10.1 Å². The molecule has 1 fully saturated rings. The van der Waals surface area contributed by atoms with Crippen molar-refractivity contribution in [3.05, 3.63) is 71.8 Å². The Morgan fingerprint density at radius 1 is 1.04 bits per heavy atom. The topological polar surface area (TPSA) is 41.6 Å². The molecule has 27 heavy (non-hydrogen) atoms. The predicted molar refractivity (Wildman–Crippen MR) is 108 cm³/mol. The van der Waals surface area contributed by atoms with Crippen molar-refractivity contribution in [2.75, 3.05) is 13.7 Å². The van der Waals surface area contributed by atoms with E-state index in [4.69, 9.17) is 4.74 Å². The molecule has 0 heterocycles. The average Bonchev–Trinajstić information content (AvgIpc) is 3.52. The maximum atomic E-state index is 13.0. The van der Waals surface area contributed by atoms with Crippen LogP contribution in [0.1, 0.15) is 30.9 Å². The van der Waals surface area contributed by atoms with E-state index in [-0.39, 0.29) is 18.1 Å². The van der Waals surface area contributed by atoms with Crippen molar-refractivity contribution in [2.24, 2.45) is 5.92 Å². The van der Waals surface area contributed by atoms with Crippen LogP contribution in [-0.4, -0.2) is 36.6 Å². The molecule has 0 saturated heterocycles. The summed E-state index contributed by atoms with van der Waals surface area (Å²) >= 11 is 0. The van der Waals surface area contributed by atoms with Gasteiger partial charge in [-0.1, -0.05) is 60.7 Å². The summed E-state index contributed by atoms with van der Waals surface area (Å²) in [6.07, 6.45) is 2.35. The van der Waals surface area contributed by atoms with Gasteiger partial charge in [-0.25, -0.2) is 0 Å². The number of hydrogen-bond acceptors (Lipinski definition) is 4. The van der Waals surface area contributed by atoms with Gasteiger partial charge in [0, 0.05) is 19.1 Å². The second-order valence-electron chi connectivity index (χ2n) is 7.22. The summed E-state index contributed by atoms with van der Waals surface area (Å²) in [6.45, 7) is 3.70. The second kappa shape index (κ2) is 9.67. The second-order valence-corrected chi connectivity index (χ2v) is 7.22. The first-order valence-electron chi connectivity index (χ1n) is 9.88. The summed E-state index contributed by atoms with van der Waals surface area (Å²) in [7, 11) is 1.96. The van der Waals surface area contributed by atoms with Gasteiger partial charge >= 0.3 is 5.97 Å². The normalized spacial score (nSPS) is 16.1. The minimum absolute atomic E-state index is 0.108. The highest BCUT2D eigenvalue weighted by atomic mass is 16.5. The van der Waals surface area contributed by atoms with E-state index in [1.54, 1.807) is 0 Å². The standard InChI is InChI=1S/C23H30N2O2/c1-3-27-23(26)22(21(24-2)20-14-15-20)25(16-18-10-6-4-7-11-18)17-19-12-8-5-9-13-19/h4-13,20-22,24H,3,14-17H2,1-2H3/t21-,22+/m1/s1. The third-order valence-electron chi connectivity index (χ3n) is 5.18. The lowest BCUT2D eigenvalue weighted by Gasteiger charge is -2.35. The van der Waals surface area contributed by atoms with Crippen LogP contribution < -0.4 is 5.32 Å². The number of benzene rings is 2. The third-order valence-corrected chi connectivity index (χ3v) is 5.18. The maximum absolute atomic E-state index is 13.0. The van der Waals surface area contributed by atoms with Crippen LogP contribution in [0.25, 0.3) is 0 Å². The zero-order chi connectivity index (χ0) is 19.1. The van der Waals surface area contributed by atoms with Crippen molar-refractivity contribution in [2.45, 2.75) is 44.9 Å². The third kappa shape index (κ3) is 5.41. The highest BCUT2D eigenvalue weighted by Gasteiger charge is 2.42. The molecule has 0 aliphatic heterocycles. The van der Waals surface area contributed by atoms with Gasteiger partial charge in [0.25, 0.3) is 0 Å². The Labute approximate surface area is 162 Å². The van der Waals surface area contributed by atoms with Gasteiger partial charge in [-0.3, -0.25) is 9.69 Å². The van der Waals surface area contributed by atoms with E-state index in [1.807, 2.05) is 50.4 Å². The highest BCUT2D eigenvalue weighted by Crippen LogP contribution is 2.36. The van der Waals surface area contributed by atoms with Gasteiger partial charge in [-0.15, -0.1) is 0 Å². The Hall–Kier alpha value is -2.17. The molecule has 4 nitrogen and oxygen atoms in total. The average molecular weight is 367 g/mol. The van der Waals surface area contributed by atoms with Gasteiger partial charge in [0.15, 0.2) is 0 Å². The molecule has 4 heteroatoms. The first kappa shape index (κ1) is 19.6. The highest BCUT2D eigenvalue weighted by molar-refractivity contribution is 5.77. The molecule has 2 aromatic carbocycles. The zero-order valence-electron chi connectivity index (χ0n) is 16.3. The fourth-order valence-electron chi connectivity index (χ4n) is 3.75.